The summed E-state index contributed by atoms with van der Waals surface area (Å²) in [5, 5.41) is 4.26. The molecule has 2 rings (SSSR count). The summed E-state index contributed by atoms with van der Waals surface area (Å²) in [6.45, 7) is 0.808. The van der Waals surface area contributed by atoms with Crippen molar-refractivity contribution in [1.82, 2.24) is 10.4 Å². The lowest BCUT2D eigenvalue weighted by Gasteiger charge is -2.31. The van der Waals surface area contributed by atoms with E-state index in [9.17, 15) is 9.59 Å². The van der Waals surface area contributed by atoms with Gasteiger partial charge in [-0.05, 0) is 0 Å². The highest BCUT2D eigenvalue weighted by Gasteiger charge is 2.47. The van der Waals surface area contributed by atoms with E-state index in [2.05, 4.69) is 14.8 Å². The molecule has 1 saturated heterocycles. The summed E-state index contributed by atoms with van der Waals surface area (Å²) >= 11 is 0. The second-order valence-electron chi connectivity index (χ2n) is 4.38. The lowest BCUT2D eigenvalue weighted by atomic mass is 9.84. The van der Waals surface area contributed by atoms with Gasteiger partial charge in [0.1, 0.15) is 0 Å². The van der Waals surface area contributed by atoms with Crippen LogP contribution < -0.4 is 5.32 Å². The summed E-state index contributed by atoms with van der Waals surface area (Å²) in [6, 6.07) is 0. The lowest BCUT2D eigenvalue weighted by Crippen LogP contribution is -2.53. The highest BCUT2D eigenvalue weighted by Crippen LogP contribution is 2.33. The molecule has 2 aliphatic rings. The Morgan fingerprint density at radius 1 is 1.32 bits per heavy atom. The molecule has 0 spiro atoms. The van der Waals surface area contributed by atoms with Crippen LogP contribution in [-0.4, -0.2) is 50.2 Å². The number of rotatable bonds is 2. The number of hydrogen-bond acceptors (Lipinski definition) is 6. The van der Waals surface area contributed by atoms with Gasteiger partial charge in [0.25, 0.3) is 0 Å². The first-order chi connectivity index (χ1) is 9.09. The number of methoxy groups -OCH3 is 2. The summed E-state index contributed by atoms with van der Waals surface area (Å²) in [7, 11) is 2.55. The SMILES string of the molecule is COC(=O)N[C@@]12C=CC=C[C@@H]1CN(OC(=O)OC)C2. The van der Waals surface area contributed by atoms with E-state index in [1.807, 2.05) is 24.3 Å². The molecule has 0 radical (unpaired) electrons. The third-order valence-electron chi connectivity index (χ3n) is 3.24. The Bertz CT molecular complexity index is 434. The van der Waals surface area contributed by atoms with Gasteiger partial charge in [-0.25, -0.2) is 9.59 Å². The molecule has 19 heavy (non-hydrogen) atoms. The van der Waals surface area contributed by atoms with Gasteiger partial charge in [-0.1, -0.05) is 24.3 Å². The summed E-state index contributed by atoms with van der Waals surface area (Å²) in [5.74, 6) is 0.00116. The maximum Gasteiger partial charge on any atom is 0.527 e. The molecular formula is C12H16N2O5. The predicted octanol–water partition coefficient (Wildman–Crippen LogP) is 0.837. The predicted molar refractivity (Wildman–Crippen MR) is 65.1 cm³/mol. The zero-order chi connectivity index (χ0) is 13.9. The van der Waals surface area contributed by atoms with Gasteiger partial charge in [-0.2, -0.15) is 0 Å². The molecule has 1 N–H and O–H groups in total. The fourth-order valence-electron chi connectivity index (χ4n) is 2.32. The van der Waals surface area contributed by atoms with Crippen molar-refractivity contribution in [3.05, 3.63) is 24.3 Å². The molecule has 0 saturated carbocycles. The number of nitrogens with one attached hydrogen (secondary N) is 1. The summed E-state index contributed by atoms with van der Waals surface area (Å²) in [6.07, 6.45) is 6.26. The van der Waals surface area contributed by atoms with E-state index in [4.69, 9.17) is 4.84 Å². The number of nitrogens with zero attached hydrogens (tertiary/aromatic N) is 1. The van der Waals surface area contributed by atoms with Crippen LogP contribution in [0, 0.1) is 5.92 Å². The Morgan fingerprint density at radius 2 is 2.11 bits per heavy atom. The molecule has 0 bridgehead atoms. The number of hydrogen-bond donors (Lipinski definition) is 1. The van der Waals surface area contributed by atoms with Crippen LogP contribution in [0.3, 0.4) is 0 Å². The molecule has 0 unspecified atom stereocenters. The lowest BCUT2D eigenvalue weighted by molar-refractivity contribution is -0.111. The van der Waals surface area contributed by atoms with E-state index in [1.54, 1.807) is 0 Å². The third-order valence-corrected chi connectivity index (χ3v) is 3.24. The van der Waals surface area contributed by atoms with Crippen molar-refractivity contribution >= 4 is 12.2 Å². The zero-order valence-electron chi connectivity index (χ0n) is 10.8. The summed E-state index contributed by atoms with van der Waals surface area (Å²) in [4.78, 5) is 27.6. The molecule has 0 aromatic rings. The highest BCUT2D eigenvalue weighted by atomic mass is 16.8. The zero-order valence-corrected chi connectivity index (χ0v) is 10.8. The fourth-order valence-corrected chi connectivity index (χ4v) is 2.32. The Morgan fingerprint density at radius 3 is 2.79 bits per heavy atom. The number of alkyl carbamates (subject to hydrolysis) is 1. The van der Waals surface area contributed by atoms with Crippen LogP contribution in [0.1, 0.15) is 0 Å². The molecule has 1 fully saturated rings. The van der Waals surface area contributed by atoms with E-state index in [1.165, 1.54) is 19.3 Å². The molecule has 7 nitrogen and oxygen atoms in total. The number of hydroxylamine groups is 2. The molecule has 104 valence electrons. The van der Waals surface area contributed by atoms with E-state index < -0.39 is 17.8 Å². The topological polar surface area (TPSA) is 77.1 Å². The molecule has 1 aliphatic heterocycles. The second kappa shape index (κ2) is 5.31. The van der Waals surface area contributed by atoms with Gasteiger partial charge in [0.15, 0.2) is 0 Å². The smallest absolute Gasteiger partial charge is 0.453 e. The van der Waals surface area contributed by atoms with Crippen molar-refractivity contribution in [2.45, 2.75) is 5.54 Å². The number of fused-ring (bicyclic) bond motifs is 1. The van der Waals surface area contributed by atoms with Gasteiger partial charge in [0.05, 0.1) is 26.3 Å². The quantitative estimate of drug-likeness (QED) is 0.748. The standard InChI is InChI=1S/C12H16N2O5/c1-17-10(15)13-12-6-4-3-5-9(12)7-14(8-12)19-11(16)18-2/h3-6,9H,7-8H2,1-2H3,(H,13,15)/t9-,12-/m1/s1. The number of carbonyl (C=O) groups is 2. The molecule has 2 atom stereocenters. The van der Waals surface area contributed by atoms with Crippen LogP contribution >= 0.6 is 0 Å². The number of allylic oxidation sites excluding steroid dienone is 2. The maximum absolute atomic E-state index is 11.5. The van der Waals surface area contributed by atoms with Gasteiger partial charge >= 0.3 is 12.2 Å². The van der Waals surface area contributed by atoms with Gasteiger partial charge in [-0.15, -0.1) is 5.06 Å². The molecule has 1 heterocycles. The molecule has 1 amide bonds. The van der Waals surface area contributed by atoms with Crippen molar-refractivity contribution in [2.24, 2.45) is 5.92 Å². The minimum absolute atomic E-state index is 0.00116. The van der Waals surface area contributed by atoms with E-state index in [0.29, 0.717) is 13.1 Å². The largest absolute Gasteiger partial charge is 0.527 e. The van der Waals surface area contributed by atoms with Crippen molar-refractivity contribution in [3.8, 4) is 0 Å². The van der Waals surface area contributed by atoms with Crippen molar-refractivity contribution in [1.29, 1.82) is 0 Å². The first-order valence-corrected chi connectivity index (χ1v) is 5.82. The Kier molecular flexibility index (Phi) is 3.75. The van der Waals surface area contributed by atoms with E-state index >= 15 is 0 Å². The van der Waals surface area contributed by atoms with Crippen molar-refractivity contribution < 1.29 is 23.9 Å². The minimum Gasteiger partial charge on any atom is -0.453 e. The van der Waals surface area contributed by atoms with Crippen LogP contribution in [0.5, 0.6) is 0 Å². The van der Waals surface area contributed by atoms with Gasteiger partial charge in [-0.3, -0.25) is 0 Å². The molecular weight excluding hydrogens is 252 g/mol. The minimum atomic E-state index is -0.778. The van der Waals surface area contributed by atoms with E-state index in [0.717, 1.165) is 0 Å². The Balaban J connectivity index is 2.11. The van der Waals surface area contributed by atoms with Crippen LogP contribution in [0.4, 0.5) is 9.59 Å². The van der Waals surface area contributed by atoms with Crippen LogP contribution in [0.2, 0.25) is 0 Å². The Labute approximate surface area is 110 Å². The molecule has 0 aromatic carbocycles. The highest BCUT2D eigenvalue weighted by molar-refractivity contribution is 5.69. The van der Waals surface area contributed by atoms with Crippen LogP contribution in [0.25, 0.3) is 0 Å². The normalized spacial score (nSPS) is 28.6. The number of ether oxygens (including phenoxy) is 2. The number of carbonyl (C=O) groups excluding carboxylic acids is 2. The Hall–Kier alpha value is -2.02. The monoisotopic (exact) mass is 268 g/mol. The first-order valence-electron chi connectivity index (χ1n) is 5.82. The van der Waals surface area contributed by atoms with Crippen molar-refractivity contribution in [3.63, 3.8) is 0 Å². The average Bonchev–Trinajstić information content (AvgIpc) is 2.75. The third kappa shape index (κ3) is 2.70. The summed E-state index contributed by atoms with van der Waals surface area (Å²) in [5.41, 5.74) is -0.629. The maximum atomic E-state index is 11.5. The van der Waals surface area contributed by atoms with Crippen molar-refractivity contribution in [2.75, 3.05) is 27.3 Å². The molecule has 7 heteroatoms. The number of amides is 1. The average molecular weight is 268 g/mol. The fraction of sp³-hybridized carbons (Fsp3) is 0.500. The molecule has 0 aromatic heterocycles. The second-order valence-corrected chi connectivity index (χ2v) is 4.38. The van der Waals surface area contributed by atoms with Gasteiger partial charge in [0.2, 0.25) is 0 Å². The van der Waals surface area contributed by atoms with Crippen LogP contribution in [-0.2, 0) is 14.3 Å². The first kappa shape index (κ1) is 13.4. The van der Waals surface area contributed by atoms with E-state index in [-0.39, 0.29) is 5.92 Å². The van der Waals surface area contributed by atoms with Gasteiger partial charge < -0.3 is 19.6 Å². The summed E-state index contributed by atoms with van der Waals surface area (Å²) < 4.78 is 9.08. The molecule has 1 aliphatic carbocycles. The van der Waals surface area contributed by atoms with Gasteiger partial charge in [0, 0.05) is 12.5 Å². The van der Waals surface area contributed by atoms with Crippen LogP contribution in [0.15, 0.2) is 24.3 Å².